The number of halogens is 1. The third-order valence-corrected chi connectivity index (χ3v) is 4.69. The molecule has 0 saturated heterocycles. The molecule has 1 amide bonds. The molecule has 148 valence electrons. The van der Waals surface area contributed by atoms with E-state index in [2.05, 4.69) is 10.4 Å². The Labute approximate surface area is 165 Å². The highest BCUT2D eigenvalue weighted by atomic mass is 19.1. The Balaban J connectivity index is 1.78. The number of amides is 1. The van der Waals surface area contributed by atoms with Crippen molar-refractivity contribution in [3.8, 4) is 5.69 Å². The predicted molar refractivity (Wildman–Crippen MR) is 105 cm³/mol. The van der Waals surface area contributed by atoms with Crippen molar-refractivity contribution < 1.29 is 13.6 Å². The lowest BCUT2D eigenvalue weighted by atomic mass is 10.1. The van der Waals surface area contributed by atoms with Gasteiger partial charge in [-0.3, -0.25) is 14.2 Å². The van der Waals surface area contributed by atoms with Crippen LogP contribution in [0.25, 0.3) is 16.7 Å². The van der Waals surface area contributed by atoms with E-state index < -0.39 is 5.82 Å². The lowest BCUT2D eigenvalue weighted by molar-refractivity contribution is -0.121. The molecule has 0 atom stereocenters. The molecule has 1 N–H and O–H groups in total. The van der Waals surface area contributed by atoms with Crippen LogP contribution >= 0.6 is 0 Å². The fourth-order valence-corrected chi connectivity index (χ4v) is 3.40. The Morgan fingerprint density at radius 3 is 2.76 bits per heavy atom. The monoisotopic (exact) mass is 394 g/mol. The van der Waals surface area contributed by atoms with E-state index in [1.165, 1.54) is 33.7 Å². The second kappa shape index (κ2) is 7.38. The Kier molecular flexibility index (Phi) is 4.75. The van der Waals surface area contributed by atoms with Crippen LogP contribution in [0.1, 0.15) is 17.0 Å². The molecule has 4 rings (SSSR count). The average molecular weight is 394 g/mol. The number of rotatable bonds is 5. The van der Waals surface area contributed by atoms with Crippen LogP contribution < -0.4 is 10.9 Å². The third kappa shape index (κ3) is 3.56. The number of benzene rings is 1. The van der Waals surface area contributed by atoms with Crippen LogP contribution in [-0.4, -0.2) is 20.3 Å². The van der Waals surface area contributed by atoms with Gasteiger partial charge < -0.3 is 9.73 Å². The molecule has 7 nitrogen and oxygen atoms in total. The standard InChI is InChI=1S/C21H19FN4O3/c1-13-9-19(28)25(12-18(27)23-11-17-7-4-8-29-17)21-20(13)14(2)24-26(21)16-6-3-5-15(22)10-16/h3-10H,11-12H2,1-2H3,(H,23,27). The molecule has 8 heteroatoms. The van der Waals surface area contributed by atoms with E-state index in [4.69, 9.17) is 4.42 Å². The molecule has 0 fully saturated rings. The summed E-state index contributed by atoms with van der Waals surface area (Å²) >= 11 is 0. The number of nitrogens with one attached hydrogen (secondary N) is 1. The van der Waals surface area contributed by atoms with Crippen LogP contribution in [0.2, 0.25) is 0 Å². The number of furan rings is 1. The molecule has 29 heavy (non-hydrogen) atoms. The minimum atomic E-state index is -0.415. The molecule has 0 bridgehead atoms. The van der Waals surface area contributed by atoms with E-state index >= 15 is 0 Å². The number of hydrogen-bond acceptors (Lipinski definition) is 4. The lowest BCUT2D eigenvalue weighted by Gasteiger charge is -2.12. The summed E-state index contributed by atoms with van der Waals surface area (Å²) in [5.74, 6) is -0.153. The van der Waals surface area contributed by atoms with Gasteiger partial charge in [-0.05, 0) is 49.7 Å². The van der Waals surface area contributed by atoms with Crippen LogP contribution in [0.15, 0.2) is 57.9 Å². The molecule has 3 heterocycles. The Morgan fingerprint density at radius 2 is 2.03 bits per heavy atom. The maximum Gasteiger partial charge on any atom is 0.252 e. The van der Waals surface area contributed by atoms with Gasteiger partial charge in [-0.25, -0.2) is 9.07 Å². The number of aryl methyl sites for hydroxylation is 2. The quantitative estimate of drug-likeness (QED) is 0.564. The maximum absolute atomic E-state index is 13.8. The predicted octanol–water partition coefficient (Wildman–Crippen LogP) is 2.85. The summed E-state index contributed by atoms with van der Waals surface area (Å²) in [7, 11) is 0. The fraction of sp³-hybridized carbons (Fsp3) is 0.190. The molecule has 0 spiro atoms. The van der Waals surface area contributed by atoms with E-state index in [1.54, 1.807) is 24.3 Å². The molecule has 0 aliphatic rings. The van der Waals surface area contributed by atoms with Crippen LogP contribution in [0.3, 0.4) is 0 Å². The number of pyridine rings is 1. The largest absolute Gasteiger partial charge is 0.467 e. The topological polar surface area (TPSA) is 82.1 Å². The van der Waals surface area contributed by atoms with Crippen molar-refractivity contribution in [3.05, 3.63) is 81.9 Å². The first-order valence-electron chi connectivity index (χ1n) is 9.09. The zero-order valence-corrected chi connectivity index (χ0v) is 16.0. The van der Waals surface area contributed by atoms with Gasteiger partial charge in [0.15, 0.2) is 0 Å². The van der Waals surface area contributed by atoms with Gasteiger partial charge in [-0.15, -0.1) is 0 Å². The van der Waals surface area contributed by atoms with Crippen LogP contribution in [0, 0.1) is 19.7 Å². The highest BCUT2D eigenvalue weighted by Crippen LogP contribution is 2.24. The van der Waals surface area contributed by atoms with Crippen molar-refractivity contribution in [1.29, 1.82) is 0 Å². The van der Waals surface area contributed by atoms with Gasteiger partial charge in [0.2, 0.25) is 5.91 Å². The molecule has 3 aromatic heterocycles. The summed E-state index contributed by atoms with van der Waals surface area (Å²) in [5.41, 5.74) is 2.02. The minimum Gasteiger partial charge on any atom is -0.467 e. The smallest absolute Gasteiger partial charge is 0.252 e. The summed E-state index contributed by atoms with van der Waals surface area (Å²) < 4.78 is 21.8. The van der Waals surface area contributed by atoms with Crippen molar-refractivity contribution in [2.45, 2.75) is 26.9 Å². The second-order valence-electron chi connectivity index (χ2n) is 6.78. The summed E-state index contributed by atoms with van der Waals surface area (Å²) in [5, 5.41) is 7.99. The normalized spacial score (nSPS) is 11.1. The van der Waals surface area contributed by atoms with E-state index in [0.29, 0.717) is 22.8 Å². The summed E-state index contributed by atoms with van der Waals surface area (Å²) in [6.07, 6.45) is 1.52. The third-order valence-electron chi connectivity index (χ3n) is 4.69. The zero-order chi connectivity index (χ0) is 20.5. The van der Waals surface area contributed by atoms with Gasteiger partial charge in [-0.2, -0.15) is 5.10 Å². The number of carbonyl (C=O) groups excluding carboxylic acids is 1. The lowest BCUT2D eigenvalue weighted by Crippen LogP contribution is -2.32. The highest BCUT2D eigenvalue weighted by molar-refractivity contribution is 5.85. The number of nitrogens with zero attached hydrogens (tertiary/aromatic N) is 3. The minimum absolute atomic E-state index is 0.198. The van der Waals surface area contributed by atoms with Crippen molar-refractivity contribution in [1.82, 2.24) is 19.7 Å². The van der Waals surface area contributed by atoms with E-state index in [-0.39, 0.29) is 24.6 Å². The fourth-order valence-electron chi connectivity index (χ4n) is 3.40. The van der Waals surface area contributed by atoms with Crippen LogP contribution in [0.5, 0.6) is 0 Å². The molecule has 0 unspecified atom stereocenters. The van der Waals surface area contributed by atoms with Gasteiger partial charge in [-0.1, -0.05) is 6.07 Å². The number of fused-ring (bicyclic) bond motifs is 1. The SMILES string of the molecule is Cc1cc(=O)n(CC(=O)NCc2ccco2)c2c1c(C)nn2-c1cccc(F)c1. The summed E-state index contributed by atoms with van der Waals surface area (Å²) in [4.78, 5) is 25.2. The first-order valence-corrected chi connectivity index (χ1v) is 9.09. The van der Waals surface area contributed by atoms with Gasteiger partial charge >= 0.3 is 0 Å². The molecule has 1 aromatic carbocycles. The molecule has 4 aromatic rings. The maximum atomic E-state index is 13.8. The van der Waals surface area contributed by atoms with Gasteiger partial charge in [0.25, 0.3) is 5.56 Å². The first-order chi connectivity index (χ1) is 13.9. The van der Waals surface area contributed by atoms with Crippen molar-refractivity contribution in [2.75, 3.05) is 0 Å². The van der Waals surface area contributed by atoms with Crippen LogP contribution in [0.4, 0.5) is 4.39 Å². The van der Waals surface area contributed by atoms with Crippen molar-refractivity contribution in [3.63, 3.8) is 0 Å². The number of aromatic nitrogens is 3. The first kappa shape index (κ1) is 18.7. The number of hydrogen-bond donors (Lipinski definition) is 1. The summed E-state index contributed by atoms with van der Waals surface area (Å²) in [6, 6.07) is 10.9. The van der Waals surface area contributed by atoms with E-state index in [9.17, 15) is 14.0 Å². The Bertz CT molecular complexity index is 1260. The zero-order valence-electron chi connectivity index (χ0n) is 16.0. The molecule has 0 aliphatic carbocycles. The van der Waals surface area contributed by atoms with Gasteiger partial charge in [0, 0.05) is 11.5 Å². The van der Waals surface area contributed by atoms with Crippen LogP contribution in [-0.2, 0) is 17.9 Å². The summed E-state index contributed by atoms with van der Waals surface area (Å²) in [6.45, 7) is 3.65. The van der Waals surface area contributed by atoms with E-state index in [1.807, 2.05) is 13.8 Å². The molecule has 0 aliphatic heterocycles. The van der Waals surface area contributed by atoms with Gasteiger partial charge in [0.05, 0.1) is 24.2 Å². The van der Waals surface area contributed by atoms with E-state index in [0.717, 1.165) is 10.9 Å². The van der Waals surface area contributed by atoms with Crippen molar-refractivity contribution >= 4 is 16.9 Å². The average Bonchev–Trinajstić information content (AvgIpc) is 3.31. The Hall–Kier alpha value is -3.68. The molecule has 0 saturated carbocycles. The Morgan fingerprint density at radius 1 is 1.21 bits per heavy atom. The highest BCUT2D eigenvalue weighted by Gasteiger charge is 2.19. The van der Waals surface area contributed by atoms with Crippen molar-refractivity contribution in [2.24, 2.45) is 0 Å². The molecular formula is C21H19FN4O3. The molecular weight excluding hydrogens is 375 g/mol. The number of carbonyl (C=O) groups is 1. The molecule has 0 radical (unpaired) electrons. The van der Waals surface area contributed by atoms with Gasteiger partial charge in [0.1, 0.15) is 23.8 Å². The second-order valence-corrected chi connectivity index (χ2v) is 6.78.